The van der Waals surface area contributed by atoms with E-state index in [1.54, 1.807) is 0 Å². The molecule has 102 valence electrons. The number of nitrogens with one attached hydrogen (secondary N) is 2. The second-order valence-electron chi connectivity index (χ2n) is 5.26. The molecule has 0 bridgehead atoms. The third kappa shape index (κ3) is 2.73. The highest BCUT2D eigenvalue weighted by Gasteiger charge is 2.26. The molecule has 0 radical (unpaired) electrons. The Morgan fingerprint density at radius 2 is 2.00 bits per heavy atom. The van der Waals surface area contributed by atoms with E-state index in [1.165, 1.54) is 0 Å². The van der Waals surface area contributed by atoms with Crippen LogP contribution in [0.25, 0.3) is 0 Å². The van der Waals surface area contributed by atoms with Crippen molar-refractivity contribution in [2.45, 2.75) is 25.3 Å². The van der Waals surface area contributed by atoms with E-state index in [9.17, 15) is 4.79 Å². The Hall–Kier alpha value is -1.55. The summed E-state index contributed by atoms with van der Waals surface area (Å²) >= 11 is 0. The molecular formula is C15H20N2O2. The van der Waals surface area contributed by atoms with Crippen molar-refractivity contribution in [2.75, 3.05) is 19.7 Å². The third-order valence-corrected chi connectivity index (χ3v) is 3.98. The Morgan fingerprint density at radius 1 is 1.21 bits per heavy atom. The third-order valence-electron chi connectivity index (χ3n) is 3.98. The van der Waals surface area contributed by atoms with E-state index in [4.69, 9.17) is 4.74 Å². The predicted molar refractivity (Wildman–Crippen MR) is 73.0 cm³/mol. The first-order valence-corrected chi connectivity index (χ1v) is 7.07. The molecule has 0 aliphatic carbocycles. The lowest BCUT2D eigenvalue weighted by atomic mass is 9.95. The van der Waals surface area contributed by atoms with Gasteiger partial charge in [-0.25, -0.2) is 0 Å². The molecule has 1 fully saturated rings. The molecule has 3 rings (SSSR count). The van der Waals surface area contributed by atoms with Crippen LogP contribution in [0.4, 0.5) is 0 Å². The normalized spacial score (nSPS) is 23.3. The fraction of sp³-hybridized carbons (Fsp3) is 0.533. The summed E-state index contributed by atoms with van der Waals surface area (Å²) in [6.07, 6.45) is 2.74. The monoisotopic (exact) mass is 260 g/mol. The van der Waals surface area contributed by atoms with Gasteiger partial charge in [0.2, 0.25) is 5.91 Å². The number of carbonyl (C=O) groups is 1. The van der Waals surface area contributed by atoms with Gasteiger partial charge in [-0.05, 0) is 32.0 Å². The summed E-state index contributed by atoms with van der Waals surface area (Å²) in [7, 11) is 0. The summed E-state index contributed by atoms with van der Waals surface area (Å²) in [6.45, 7) is 2.57. The van der Waals surface area contributed by atoms with Gasteiger partial charge in [-0.15, -0.1) is 0 Å². The van der Waals surface area contributed by atoms with Crippen molar-refractivity contribution in [3.63, 3.8) is 0 Å². The van der Waals surface area contributed by atoms with Crippen molar-refractivity contribution < 1.29 is 9.53 Å². The Bertz CT molecular complexity index is 455. The van der Waals surface area contributed by atoms with Gasteiger partial charge in [0, 0.05) is 17.9 Å². The Balaban J connectivity index is 1.68. The van der Waals surface area contributed by atoms with Crippen molar-refractivity contribution in [3.05, 3.63) is 29.8 Å². The number of hydrogen-bond acceptors (Lipinski definition) is 3. The molecule has 4 nitrogen and oxygen atoms in total. The molecule has 1 atom stereocenters. The average Bonchev–Trinajstić information content (AvgIpc) is 2.48. The smallest absolute Gasteiger partial charge is 0.223 e. The number of hydrogen-bond donors (Lipinski definition) is 2. The zero-order valence-corrected chi connectivity index (χ0v) is 11.0. The van der Waals surface area contributed by atoms with Crippen molar-refractivity contribution >= 4 is 5.91 Å². The van der Waals surface area contributed by atoms with E-state index < -0.39 is 0 Å². The van der Waals surface area contributed by atoms with Crippen LogP contribution in [0.1, 0.15) is 30.9 Å². The zero-order valence-electron chi connectivity index (χ0n) is 11.0. The van der Waals surface area contributed by atoms with E-state index in [2.05, 4.69) is 10.6 Å². The molecule has 0 aromatic heterocycles. The first kappa shape index (κ1) is 12.5. The van der Waals surface area contributed by atoms with Crippen molar-refractivity contribution in [1.29, 1.82) is 0 Å². The first-order valence-electron chi connectivity index (χ1n) is 7.07. The van der Waals surface area contributed by atoms with Gasteiger partial charge in [0.05, 0.1) is 12.6 Å². The SMILES string of the molecule is O=C(NC1CCOc2ccccc21)C1CCNCC1. The van der Waals surface area contributed by atoms with Crippen LogP contribution in [0.15, 0.2) is 24.3 Å². The highest BCUT2D eigenvalue weighted by molar-refractivity contribution is 5.79. The summed E-state index contributed by atoms with van der Waals surface area (Å²) in [6, 6.07) is 8.08. The lowest BCUT2D eigenvalue weighted by Gasteiger charge is -2.29. The van der Waals surface area contributed by atoms with Crippen LogP contribution in [0.5, 0.6) is 5.75 Å². The number of fused-ring (bicyclic) bond motifs is 1. The van der Waals surface area contributed by atoms with Crippen molar-refractivity contribution in [2.24, 2.45) is 5.92 Å². The van der Waals surface area contributed by atoms with E-state index in [0.717, 1.165) is 43.7 Å². The van der Waals surface area contributed by atoms with Gasteiger partial charge >= 0.3 is 0 Å². The minimum atomic E-state index is 0.104. The van der Waals surface area contributed by atoms with E-state index in [1.807, 2.05) is 24.3 Å². The molecule has 1 unspecified atom stereocenters. The lowest BCUT2D eigenvalue weighted by Crippen LogP contribution is -2.40. The largest absolute Gasteiger partial charge is 0.493 e. The number of piperidine rings is 1. The summed E-state index contributed by atoms with van der Waals surface area (Å²) in [5, 5.41) is 6.49. The molecule has 4 heteroatoms. The molecule has 2 heterocycles. The van der Waals surface area contributed by atoms with Crippen molar-refractivity contribution in [3.8, 4) is 5.75 Å². The van der Waals surface area contributed by atoms with Crippen LogP contribution in [-0.4, -0.2) is 25.6 Å². The molecule has 0 saturated carbocycles. The standard InChI is InChI=1S/C15H20N2O2/c18-15(11-5-8-16-9-6-11)17-13-7-10-19-14-4-2-1-3-12(13)14/h1-4,11,13,16H,5-10H2,(H,17,18). The molecule has 1 amide bonds. The Kier molecular flexibility index (Phi) is 3.69. The topological polar surface area (TPSA) is 50.4 Å². The maximum atomic E-state index is 12.3. The van der Waals surface area contributed by atoms with E-state index in [0.29, 0.717) is 6.61 Å². The number of amides is 1. The highest BCUT2D eigenvalue weighted by atomic mass is 16.5. The fourth-order valence-electron chi connectivity index (χ4n) is 2.87. The summed E-state index contributed by atoms with van der Waals surface area (Å²) in [5.74, 6) is 1.27. The van der Waals surface area contributed by atoms with Gasteiger partial charge in [0.15, 0.2) is 0 Å². The summed E-state index contributed by atoms with van der Waals surface area (Å²) < 4.78 is 5.62. The molecular weight excluding hydrogens is 240 g/mol. The van der Waals surface area contributed by atoms with E-state index in [-0.39, 0.29) is 17.9 Å². The maximum Gasteiger partial charge on any atom is 0.223 e. The van der Waals surface area contributed by atoms with Gasteiger partial charge in [0.1, 0.15) is 5.75 Å². The molecule has 1 aromatic carbocycles. The minimum Gasteiger partial charge on any atom is -0.493 e. The summed E-state index contributed by atoms with van der Waals surface area (Å²) in [4.78, 5) is 12.3. The Labute approximate surface area is 113 Å². The number of benzene rings is 1. The number of ether oxygens (including phenoxy) is 1. The molecule has 1 aromatic rings. The maximum absolute atomic E-state index is 12.3. The van der Waals surface area contributed by atoms with Crippen LogP contribution < -0.4 is 15.4 Å². The molecule has 19 heavy (non-hydrogen) atoms. The Morgan fingerprint density at radius 3 is 2.84 bits per heavy atom. The van der Waals surface area contributed by atoms with Crippen LogP contribution >= 0.6 is 0 Å². The van der Waals surface area contributed by atoms with Gasteiger partial charge in [-0.2, -0.15) is 0 Å². The molecule has 1 saturated heterocycles. The summed E-state index contributed by atoms with van der Waals surface area (Å²) in [5.41, 5.74) is 1.11. The van der Waals surface area contributed by atoms with Crippen LogP contribution in [0, 0.1) is 5.92 Å². The lowest BCUT2D eigenvalue weighted by molar-refractivity contribution is -0.126. The first-order chi connectivity index (χ1) is 9.34. The number of carbonyl (C=O) groups excluding carboxylic acids is 1. The van der Waals surface area contributed by atoms with Gasteiger partial charge in [-0.3, -0.25) is 4.79 Å². The van der Waals surface area contributed by atoms with Gasteiger partial charge in [0.25, 0.3) is 0 Å². The second kappa shape index (κ2) is 5.61. The van der Waals surface area contributed by atoms with Crippen LogP contribution in [-0.2, 0) is 4.79 Å². The molecule has 2 aliphatic heterocycles. The van der Waals surface area contributed by atoms with E-state index >= 15 is 0 Å². The number of rotatable bonds is 2. The average molecular weight is 260 g/mol. The zero-order chi connectivity index (χ0) is 13.1. The number of para-hydroxylation sites is 1. The predicted octanol–water partition coefficient (Wildman–Crippen LogP) is 1.63. The molecule has 2 aliphatic rings. The van der Waals surface area contributed by atoms with Crippen LogP contribution in [0.2, 0.25) is 0 Å². The highest BCUT2D eigenvalue weighted by Crippen LogP contribution is 2.31. The second-order valence-corrected chi connectivity index (χ2v) is 5.26. The van der Waals surface area contributed by atoms with Crippen molar-refractivity contribution in [1.82, 2.24) is 10.6 Å². The van der Waals surface area contributed by atoms with Gasteiger partial charge < -0.3 is 15.4 Å². The van der Waals surface area contributed by atoms with Crippen LogP contribution in [0.3, 0.4) is 0 Å². The fourth-order valence-corrected chi connectivity index (χ4v) is 2.87. The minimum absolute atomic E-state index is 0.104. The molecule has 0 spiro atoms. The molecule has 2 N–H and O–H groups in total. The quantitative estimate of drug-likeness (QED) is 0.849. The van der Waals surface area contributed by atoms with Gasteiger partial charge in [-0.1, -0.05) is 18.2 Å².